The number of methoxy groups -OCH3 is 1. The number of esters is 1. The van der Waals surface area contributed by atoms with E-state index in [4.69, 9.17) is 9.47 Å². The quantitative estimate of drug-likeness (QED) is 0.621. The minimum absolute atomic E-state index is 0.00990. The van der Waals surface area contributed by atoms with Gasteiger partial charge in [-0.25, -0.2) is 23.5 Å². The Morgan fingerprint density at radius 2 is 1.77 bits per heavy atom. The molecule has 0 radical (unpaired) electrons. The van der Waals surface area contributed by atoms with Crippen LogP contribution in [0.4, 0.5) is 26.1 Å². The molecule has 1 aliphatic heterocycles. The van der Waals surface area contributed by atoms with Crippen molar-refractivity contribution < 1.29 is 23.0 Å². The summed E-state index contributed by atoms with van der Waals surface area (Å²) < 4.78 is 38.5. The smallest absolute Gasteiger partial charge is 0.341 e. The molecule has 1 aromatic carbocycles. The SMILES string of the molecule is COC(=O)c1cnc(-c2c(F)cccc2F)cc1Nc1ncc(N2CCOCC2)cn1. The van der Waals surface area contributed by atoms with Crippen LogP contribution in [-0.4, -0.2) is 54.3 Å². The van der Waals surface area contributed by atoms with Crippen molar-refractivity contribution in [1.82, 2.24) is 15.0 Å². The summed E-state index contributed by atoms with van der Waals surface area (Å²) in [4.78, 5) is 26.9. The number of morpholine rings is 1. The van der Waals surface area contributed by atoms with Gasteiger partial charge in [0.2, 0.25) is 5.95 Å². The van der Waals surface area contributed by atoms with E-state index in [1.54, 1.807) is 12.4 Å². The van der Waals surface area contributed by atoms with Crippen molar-refractivity contribution in [3.63, 3.8) is 0 Å². The van der Waals surface area contributed by atoms with Gasteiger partial charge in [-0.1, -0.05) is 6.07 Å². The van der Waals surface area contributed by atoms with Crippen LogP contribution in [0.3, 0.4) is 0 Å². The summed E-state index contributed by atoms with van der Waals surface area (Å²) in [6, 6.07) is 4.89. The highest BCUT2D eigenvalue weighted by Gasteiger charge is 2.19. The van der Waals surface area contributed by atoms with Gasteiger partial charge in [0.15, 0.2) is 0 Å². The zero-order valence-corrected chi connectivity index (χ0v) is 16.6. The molecule has 1 aliphatic rings. The summed E-state index contributed by atoms with van der Waals surface area (Å²) in [5, 5.41) is 2.92. The first-order valence-corrected chi connectivity index (χ1v) is 9.51. The predicted octanol–water partition coefficient (Wildman–Crippen LogP) is 3.18. The Hall–Kier alpha value is -3.66. The monoisotopic (exact) mass is 427 g/mol. The molecule has 10 heteroatoms. The van der Waals surface area contributed by atoms with Crippen LogP contribution < -0.4 is 10.2 Å². The number of carbonyl (C=O) groups is 1. The van der Waals surface area contributed by atoms with Crippen LogP contribution in [0.1, 0.15) is 10.4 Å². The highest BCUT2D eigenvalue weighted by Crippen LogP contribution is 2.29. The lowest BCUT2D eigenvalue weighted by atomic mass is 10.1. The third-order valence-electron chi connectivity index (χ3n) is 4.79. The number of nitrogens with zero attached hydrogens (tertiary/aromatic N) is 4. The molecule has 160 valence electrons. The third kappa shape index (κ3) is 4.43. The van der Waals surface area contributed by atoms with Gasteiger partial charge in [-0.3, -0.25) is 4.98 Å². The first-order valence-electron chi connectivity index (χ1n) is 9.51. The van der Waals surface area contributed by atoms with E-state index in [2.05, 4.69) is 25.2 Å². The Balaban J connectivity index is 1.66. The molecule has 0 saturated carbocycles. The van der Waals surface area contributed by atoms with Gasteiger partial charge in [0, 0.05) is 19.3 Å². The summed E-state index contributed by atoms with van der Waals surface area (Å²) in [5.41, 5.74) is 0.828. The van der Waals surface area contributed by atoms with E-state index in [-0.39, 0.29) is 28.5 Å². The summed E-state index contributed by atoms with van der Waals surface area (Å²) in [6.07, 6.45) is 4.49. The van der Waals surface area contributed by atoms with E-state index in [0.29, 0.717) is 13.2 Å². The maximum Gasteiger partial charge on any atom is 0.341 e. The molecule has 2 aromatic heterocycles. The number of hydrogen-bond acceptors (Lipinski definition) is 8. The number of hydrogen-bond donors (Lipinski definition) is 1. The molecule has 0 unspecified atom stereocenters. The van der Waals surface area contributed by atoms with Gasteiger partial charge in [0.1, 0.15) is 17.2 Å². The minimum atomic E-state index is -0.768. The number of nitrogens with one attached hydrogen (secondary N) is 1. The molecule has 4 rings (SSSR count). The van der Waals surface area contributed by atoms with Crippen LogP contribution in [0.5, 0.6) is 0 Å². The third-order valence-corrected chi connectivity index (χ3v) is 4.79. The molecule has 0 aliphatic carbocycles. The molecule has 31 heavy (non-hydrogen) atoms. The first kappa shape index (κ1) is 20.6. The van der Waals surface area contributed by atoms with Crippen LogP contribution in [0, 0.1) is 11.6 Å². The second-order valence-electron chi connectivity index (χ2n) is 6.69. The average molecular weight is 427 g/mol. The fraction of sp³-hybridized carbons (Fsp3) is 0.238. The Morgan fingerprint density at radius 3 is 2.42 bits per heavy atom. The standard InChI is InChI=1S/C21H19F2N5O3/c1-30-20(29)14-12-24-18(19-15(22)3-2-4-16(19)23)9-17(14)27-21-25-10-13(11-26-21)28-5-7-31-8-6-28/h2-4,9-12H,5-8H2,1H3,(H,24,25,26,27). The Kier molecular flexibility index (Phi) is 5.99. The number of carbonyl (C=O) groups excluding carboxylic acids is 1. The Labute approximate surface area is 176 Å². The molecule has 0 amide bonds. The minimum Gasteiger partial charge on any atom is -0.465 e. The topological polar surface area (TPSA) is 89.5 Å². The molecule has 1 N–H and O–H groups in total. The van der Waals surface area contributed by atoms with Crippen molar-refractivity contribution in [3.8, 4) is 11.3 Å². The van der Waals surface area contributed by atoms with Gasteiger partial charge < -0.3 is 19.7 Å². The van der Waals surface area contributed by atoms with Crippen LogP contribution in [-0.2, 0) is 9.47 Å². The van der Waals surface area contributed by atoms with Crippen molar-refractivity contribution in [2.75, 3.05) is 43.6 Å². The average Bonchev–Trinajstić information content (AvgIpc) is 2.80. The summed E-state index contributed by atoms with van der Waals surface area (Å²) in [6.45, 7) is 2.75. The normalized spacial score (nSPS) is 13.7. The summed E-state index contributed by atoms with van der Waals surface area (Å²) in [7, 11) is 1.23. The highest BCUT2D eigenvalue weighted by molar-refractivity contribution is 5.96. The van der Waals surface area contributed by atoms with Gasteiger partial charge in [-0.2, -0.15) is 0 Å². The molecule has 0 atom stereocenters. The van der Waals surface area contributed by atoms with Crippen molar-refractivity contribution in [2.45, 2.75) is 0 Å². The van der Waals surface area contributed by atoms with E-state index in [1.807, 2.05) is 0 Å². The molecule has 3 aromatic rings. The second-order valence-corrected chi connectivity index (χ2v) is 6.69. The summed E-state index contributed by atoms with van der Waals surface area (Å²) >= 11 is 0. The molecule has 8 nitrogen and oxygen atoms in total. The van der Waals surface area contributed by atoms with Gasteiger partial charge >= 0.3 is 5.97 Å². The zero-order valence-electron chi connectivity index (χ0n) is 16.6. The van der Waals surface area contributed by atoms with Crippen LogP contribution in [0.15, 0.2) is 42.9 Å². The Morgan fingerprint density at radius 1 is 1.10 bits per heavy atom. The van der Waals surface area contributed by atoms with Crippen LogP contribution >= 0.6 is 0 Å². The van der Waals surface area contributed by atoms with Gasteiger partial charge in [-0.05, 0) is 18.2 Å². The van der Waals surface area contributed by atoms with E-state index < -0.39 is 17.6 Å². The summed E-state index contributed by atoms with van der Waals surface area (Å²) in [5.74, 6) is -2.00. The lowest BCUT2D eigenvalue weighted by Gasteiger charge is -2.28. The number of pyridine rings is 1. The van der Waals surface area contributed by atoms with E-state index in [1.165, 1.54) is 25.4 Å². The first-order chi connectivity index (χ1) is 15.1. The highest BCUT2D eigenvalue weighted by atomic mass is 19.1. The van der Waals surface area contributed by atoms with E-state index in [0.717, 1.165) is 30.9 Å². The van der Waals surface area contributed by atoms with Crippen molar-refractivity contribution in [2.24, 2.45) is 0 Å². The fourth-order valence-corrected chi connectivity index (χ4v) is 3.20. The number of anilines is 3. The van der Waals surface area contributed by atoms with Crippen molar-refractivity contribution >= 4 is 23.3 Å². The van der Waals surface area contributed by atoms with Gasteiger partial charge in [0.05, 0.1) is 55.3 Å². The van der Waals surface area contributed by atoms with Crippen LogP contribution in [0.25, 0.3) is 11.3 Å². The number of rotatable bonds is 5. The molecule has 0 bridgehead atoms. The molecule has 0 spiro atoms. The van der Waals surface area contributed by atoms with Crippen LogP contribution in [0.2, 0.25) is 0 Å². The zero-order chi connectivity index (χ0) is 21.8. The predicted molar refractivity (Wildman–Crippen MR) is 109 cm³/mol. The molecule has 1 fully saturated rings. The maximum atomic E-state index is 14.2. The largest absolute Gasteiger partial charge is 0.465 e. The van der Waals surface area contributed by atoms with Gasteiger partial charge in [0.25, 0.3) is 0 Å². The second kappa shape index (κ2) is 9.00. The molecular formula is C21H19F2N5O3. The maximum absolute atomic E-state index is 14.2. The van der Waals surface area contributed by atoms with E-state index in [9.17, 15) is 13.6 Å². The van der Waals surface area contributed by atoms with Crippen molar-refractivity contribution in [3.05, 3.63) is 60.1 Å². The van der Waals surface area contributed by atoms with Gasteiger partial charge in [-0.15, -0.1) is 0 Å². The number of ether oxygens (including phenoxy) is 2. The lowest BCUT2D eigenvalue weighted by molar-refractivity contribution is 0.0601. The van der Waals surface area contributed by atoms with Crippen molar-refractivity contribution in [1.29, 1.82) is 0 Å². The number of benzene rings is 1. The molecular weight excluding hydrogens is 408 g/mol. The molecule has 1 saturated heterocycles. The molecule has 3 heterocycles. The number of aromatic nitrogens is 3. The number of halogens is 2. The lowest BCUT2D eigenvalue weighted by Crippen LogP contribution is -2.36. The fourth-order valence-electron chi connectivity index (χ4n) is 3.20. The van der Waals surface area contributed by atoms with E-state index >= 15 is 0 Å². The Bertz CT molecular complexity index is 1070.